The van der Waals surface area contributed by atoms with Gasteiger partial charge in [-0.15, -0.1) is 0 Å². The molecule has 3 heterocycles. The summed E-state index contributed by atoms with van der Waals surface area (Å²) in [4.78, 5) is 7.92. The molecule has 1 fully saturated rings. The fraction of sp³-hybridized carbons (Fsp3) is 0.390. The maximum absolute atomic E-state index is 2.73. The number of benzene rings is 6. The molecule has 2 atom stereocenters. The van der Waals surface area contributed by atoms with Crippen molar-refractivity contribution in [1.82, 2.24) is 0 Å². The first-order valence-corrected chi connectivity index (χ1v) is 23.6. The Labute approximate surface area is 379 Å². The van der Waals surface area contributed by atoms with Crippen LogP contribution in [0.15, 0.2) is 115 Å². The third-order valence-corrected chi connectivity index (χ3v) is 15.8. The normalized spacial score (nSPS) is 20.2. The second-order valence-corrected chi connectivity index (χ2v) is 24.1. The average Bonchev–Trinajstić information content (AvgIpc) is 3.33. The second-order valence-electron chi connectivity index (χ2n) is 24.1. The van der Waals surface area contributed by atoms with E-state index in [2.05, 4.69) is 234 Å². The summed E-state index contributed by atoms with van der Waals surface area (Å²) in [5.41, 5.74) is 22.6. The van der Waals surface area contributed by atoms with Crippen LogP contribution in [0.3, 0.4) is 0 Å². The molecule has 322 valence electrons. The standard InChI is InChI=1S/C59H68BN3/c1-37-31-51-53-52(32-37)62(43-18-16-17-39(33-43)55(5,6)7)49-35-41(57(11,12)13)21-26-46(49)60(53)47-27-25-44(36-50(47)61(51)42-23-19-38(20-24-42)54(2,3)4)63-48-28-22-40(56(8,9)10)34-45(48)58(14)29-30-59(58,63)15/h16-28,31-36H,29-30H2,1-15H3. The number of hydrogen-bond donors (Lipinski definition) is 0. The molecule has 3 aliphatic heterocycles. The molecule has 1 aliphatic carbocycles. The molecular weight excluding hydrogens is 761 g/mol. The van der Waals surface area contributed by atoms with Gasteiger partial charge >= 0.3 is 0 Å². The van der Waals surface area contributed by atoms with Gasteiger partial charge in [0.1, 0.15) is 0 Å². The zero-order valence-electron chi connectivity index (χ0n) is 40.8. The summed E-state index contributed by atoms with van der Waals surface area (Å²) in [6.07, 6.45) is 2.37. The molecule has 3 nitrogen and oxygen atoms in total. The zero-order valence-corrected chi connectivity index (χ0v) is 40.8. The van der Waals surface area contributed by atoms with Gasteiger partial charge < -0.3 is 14.7 Å². The first-order valence-electron chi connectivity index (χ1n) is 23.6. The van der Waals surface area contributed by atoms with Gasteiger partial charge in [-0.1, -0.05) is 145 Å². The van der Waals surface area contributed by atoms with Gasteiger partial charge in [-0.05, 0) is 159 Å². The lowest BCUT2D eigenvalue weighted by atomic mass is 9.33. The van der Waals surface area contributed by atoms with Crippen molar-refractivity contribution in [2.24, 2.45) is 0 Å². The second kappa shape index (κ2) is 13.4. The van der Waals surface area contributed by atoms with Crippen LogP contribution in [0.2, 0.25) is 0 Å². The number of anilines is 8. The Kier molecular flexibility index (Phi) is 8.89. The van der Waals surface area contributed by atoms with Gasteiger partial charge in [-0.3, -0.25) is 0 Å². The summed E-state index contributed by atoms with van der Waals surface area (Å²) < 4.78 is 0. The molecule has 6 aromatic carbocycles. The van der Waals surface area contributed by atoms with Gasteiger partial charge in [-0.2, -0.15) is 0 Å². The summed E-state index contributed by atoms with van der Waals surface area (Å²) in [5, 5.41) is 0. The van der Waals surface area contributed by atoms with E-state index in [9.17, 15) is 0 Å². The van der Waals surface area contributed by atoms with Crippen molar-refractivity contribution in [3.63, 3.8) is 0 Å². The third-order valence-electron chi connectivity index (χ3n) is 15.8. The molecule has 2 unspecified atom stereocenters. The summed E-state index contributed by atoms with van der Waals surface area (Å²) in [7, 11) is 0. The summed E-state index contributed by atoms with van der Waals surface area (Å²) >= 11 is 0. The SMILES string of the molecule is Cc1cc2c3c(c1)N(c1cccc(C(C)(C)C)c1)c1cc(C(C)(C)C)ccc1B3c1ccc(N3c4ccc(C(C)(C)C)cc4C4(C)CCC34C)cc1N2c1ccc(C(C)(C)C)cc1. The van der Waals surface area contributed by atoms with E-state index in [4.69, 9.17) is 0 Å². The fourth-order valence-corrected chi connectivity index (χ4v) is 11.5. The van der Waals surface area contributed by atoms with Crippen molar-refractivity contribution in [1.29, 1.82) is 0 Å². The van der Waals surface area contributed by atoms with Crippen LogP contribution in [-0.2, 0) is 27.1 Å². The van der Waals surface area contributed by atoms with Gasteiger partial charge in [0.25, 0.3) is 6.71 Å². The topological polar surface area (TPSA) is 9.72 Å². The molecule has 0 saturated heterocycles. The largest absolute Gasteiger partial charge is 0.334 e. The molecule has 0 spiro atoms. The lowest BCUT2D eigenvalue weighted by molar-refractivity contribution is 0.133. The van der Waals surface area contributed by atoms with E-state index in [1.54, 1.807) is 0 Å². The van der Waals surface area contributed by atoms with E-state index in [1.807, 2.05) is 0 Å². The number of rotatable bonds is 3. The van der Waals surface area contributed by atoms with Crippen LogP contribution in [0.25, 0.3) is 0 Å². The smallest absolute Gasteiger partial charge is 0.252 e. The van der Waals surface area contributed by atoms with Crippen LogP contribution in [0.1, 0.15) is 143 Å². The van der Waals surface area contributed by atoms with Gasteiger partial charge in [0, 0.05) is 50.9 Å². The number of aryl methyl sites for hydroxylation is 1. The molecular formula is C59H68BN3. The maximum Gasteiger partial charge on any atom is 0.252 e. The molecule has 10 rings (SSSR count). The Hall–Kier alpha value is -5.22. The molecule has 0 aromatic heterocycles. The van der Waals surface area contributed by atoms with Crippen LogP contribution in [0.4, 0.5) is 45.5 Å². The van der Waals surface area contributed by atoms with Gasteiger partial charge in [0.2, 0.25) is 0 Å². The maximum atomic E-state index is 2.73. The van der Waals surface area contributed by atoms with Crippen molar-refractivity contribution in [2.45, 2.75) is 149 Å². The molecule has 4 aliphatic rings. The highest BCUT2D eigenvalue weighted by Crippen LogP contribution is 2.65. The van der Waals surface area contributed by atoms with Crippen LogP contribution in [0.5, 0.6) is 0 Å². The Bertz CT molecular complexity index is 2840. The Morgan fingerprint density at radius 1 is 0.444 bits per heavy atom. The Balaban J connectivity index is 1.25. The lowest BCUT2D eigenvalue weighted by Gasteiger charge is -2.56. The molecule has 6 aromatic rings. The van der Waals surface area contributed by atoms with E-state index < -0.39 is 0 Å². The van der Waals surface area contributed by atoms with E-state index in [0.717, 1.165) is 0 Å². The molecule has 0 radical (unpaired) electrons. The van der Waals surface area contributed by atoms with Crippen molar-refractivity contribution in [3.8, 4) is 0 Å². The monoisotopic (exact) mass is 830 g/mol. The minimum atomic E-state index is -0.0154. The van der Waals surface area contributed by atoms with E-state index >= 15 is 0 Å². The van der Waals surface area contributed by atoms with Gasteiger partial charge in [-0.25, -0.2) is 0 Å². The van der Waals surface area contributed by atoms with Crippen LogP contribution >= 0.6 is 0 Å². The van der Waals surface area contributed by atoms with E-state index in [-0.39, 0.29) is 39.3 Å². The van der Waals surface area contributed by atoms with Crippen molar-refractivity contribution in [3.05, 3.63) is 149 Å². The highest BCUT2D eigenvalue weighted by Gasteiger charge is 2.63. The molecule has 0 N–H and O–H groups in total. The van der Waals surface area contributed by atoms with Crippen molar-refractivity contribution < 1.29 is 0 Å². The average molecular weight is 830 g/mol. The zero-order chi connectivity index (χ0) is 45.0. The van der Waals surface area contributed by atoms with Crippen LogP contribution in [-0.4, -0.2) is 12.3 Å². The quantitative estimate of drug-likeness (QED) is 0.164. The first kappa shape index (κ1) is 41.8. The highest BCUT2D eigenvalue weighted by molar-refractivity contribution is 7.00. The number of nitrogens with zero attached hydrogens (tertiary/aromatic N) is 3. The minimum absolute atomic E-state index is 0.00676. The number of fused-ring (bicyclic) bond motifs is 7. The van der Waals surface area contributed by atoms with Crippen LogP contribution < -0.4 is 31.1 Å². The first-order chi connectivity index (χ1) is 29.4. The van der Waals surface area contributed by atoms with Gasteiger partial charge in [0.15, 0.2) is 0 Å². The predicted octanol–water partition coefficient (Wildman–Crippen LogP) is 14.2. The Morgan fingerprint density at radius 2 is 0.952 bits per heavy atom. The summed E-state index contributed by atoms with van der Waals surface area (Å²) in [6, 6.07) is 45.9. The van der Waals surface area contributed by atoms with Crippen molar-refractivity contribution in [2.75, 3.05) is 14.7 Å². The van der Waals surface area contributed by atoms with E-state index in [0.29, 0.717) is 0 Å². The van der Waals surface area contributed by atoms with Gasteiger partial charge in [0.05, 0.1) is 5.54 Å². The minimum Gasteiger partial charge on any atom is -0.334 e. The van der Waals surface area contributed by atoms with E-state index in [1.165, 1.54) is 108 Å². The molecule has 4 heteroatoms. The molecule has 63 heavy (non-hydrogen) atoms. The molecule has 0 amide bonds. The lowest BCUT2D eigenvalue weighted by Crippen LogP contribution is -2.62. The van der Waals surface area contributed by atoms with Crippen LogP contribution in [0, 0.1) is 6.92 Å². The Morgan fingerprint density at radius 3 is 1.54 bits per heavy atom. The molecule has 0 bridgehead atoms. The molecule has 1 saturated carbocycles. The summed E-state index contributed by atoms with van der Waals surface area (Å²) in [6.45, 7) is 35.3. The fourth-order valence-electron chi connectivity index (χ4n) is 11.5. The predicted molar refractivity (Wildman–Crippen MR) is 274 cm³/mol. The van der Waals surface area contributed by atoms with Crippen molar-refractivity contribution >= 4 is 68.6 Å². The third kappa shape index (κ3) is 6.20. The number of hydrogen-bond acceptors (Lipinski definition) is 3. The highest BCUT2D eigenvalue weighted by atomic mass is 15.3. The summed E-state index contributed by atoms with van der Waals surface area (Å²) in [5.74, 6) is 0.